The van der Waals surface area contributed by atoms with Crippen LogP contribution in [0.3, 0.4) is 0 Å². The molecule has 176 valence electrons. The molecule has 0 saturated heterocycles. The fraction of sp³-hybridized carbons (Fsp3) is 0.261. The van der Waals surface area contributed by atoms with Crippen LogP contribution < -0.4 is 5.32 Å². The minimum absolute atomic E-state index is 0.0287. The molecule has 0 fully saturated rings. The quantitative estimate of drug-likeness (QED) is 0.402. The van der Waals surface area contributed by atoms with Crippen LogP contribution in [0.2, 0.25) is 0 Å². The number of rotatable bonds is 4. The van der Waals surface area contributed by atoms with Gasteiger partial charge in [0.1, 0.15) is 0 Å². The number of nitrogens with one attached hydrogen (secondary N) is 1. The number of amides is 1. The number of carbonyl (C=O) groups is 1. The molecule has 0 aliphatic rings. The van der Waals surface area contributed by atoms with E-state index in [1.165, 1.54) is 18.2 Å². The maximum absolute atomic E-state index is 13.4. The van der Waals surface area contributed by atoms with E-state index in [1.54, 1.807) is 19.1 Å². The Hall–Kier alpha value is -3.60. The molecule has 0 unspecified atom stereocenters. The van der Waals surface area contributed by atoms with Gasteiger partial charge >= 0.3 is 6.18 Å². The lowest BCUT2D eigenvalue weighted by atomic mass is 9.87. The molecule has 1 N–H and O–H groups in total. The van der Waals surface area contributed by atoms with Gasteiger partial charge in [-0.3, -0.25) is 10.1 Å². The average molecular weight is 487 g/mol. The number of alkyl halides is 3. The van der Waals surface area contributed by atoms with E-state index >= 15 is 0 Å². The average Bonchev–Trinajstić information content (AvgIpc) is 3.38. The number of nitrogens with zero attached hydrogens (tertiary/aromatic N) is 5. The Bertz CT molecular complexity index is 1340. The van der Waals surface area contributed by atoms with Gasteiger partial charge in [-0.05, 0) is 42.2 Å². The minimum Gasteiger partial charge on any atom is -0.297 e. The number of anilines is 1. The van der Waals surface area contributed by atoms with Gasteiger partial charge in [0, 0.05) is 17.1 Å². The Morgan fingerprint density at radius 1 is 1.03 bits per heavy atom. The van der Waals surface area contributed by atoms with Gasteiger partial charge in [-0.15, -0.1) is 5.10 Å². The fourth-order valence-electron chi connectivity index (χ4n) is 3.32. The molecule has 2 heterocycles. The number of carbonyl (C=O) groups excluding carboxylic acids is 1. The molecule has 1 amide bonds. The van der Waals surface area contributed by atoms with Gasteiger partial charge in [-0.25, -0.2) is 4.68 Å². The van der Waals surface area contributed by atoms with Gasteiger partial charge in [0.05, 0.1) is 16.9 Å². The van der Waals surface area contributed by atoms with Crippen molar-refractivity contribution in [3.8, 4) is 17.2 Å². The number of hydrogen-bond acceptors (Lipinski definition) is 6. The Morgan fingerprint density at radius 2 is 1.71 bits per heavy atom. The maximum atomic E-state index is 13.4. The highest BCUT2D eigenvalue weighted by Crippen LogP contribution is 2.34. The summed E-state index contributed by atoms with van der Waals surface area (Å²) in [6.45, 7) is 7.85. The largest absolute Gasteiger partial charge is 0.418 e. The number of halogens is 3. The topological polar surface area (TPSA) is 85.6 Å². The zero-order valence-corrected chi connectivity index (χ0v) is 19.6. The van der Waals surface area contributed by atoms with Gasteiger partial charge in [0.2, 0.25) is 5.13 Å². The van der Waals surface area contributed by atoms with Crippen LogP contribution in [0.1, 0.15) is 48.0 Å². The summed E-state index contributed by atoms with van der Waals surface area (Å²) >= 11 is 0.946. The van der Waals surface area contributed by atoms with Crippen molar-refractivity contribution in [1.29, 1.82) is 0 Å². The van der Waals surface area contributed by atoms with Crippen molar-refractivity contribution in [2.45, 2.75) is 39.3 Å². The number of para-hydroxylation sites is 1. The first-order valence-corrected chi connectivity index (χ1v) is 11.1. The maximum Gasteiger partial charge on any atom is 0.418 e. The molecule has 34 heavy (non-hydrogen) atoms. The van der Waals surface area contributed by atoms with Gasteiger partial charge in [0.15, 0.2) is 11.5 Å². The van der Waals surface area contributed by atoms with Crippen molar-refractivity contribution in [1.82, 2.24) is 24.4 Å². The Morgan fingerprint density at radius 3 is 2.35 bits per heavy atom. The van der Waals surface area contributed by atoms with Crippen LogP contribution >= 0.6 is 11.5 Å². The van der Waals surface area contributed by atoms with E-state index in [1.807, 2.05) is 12.1 Å². The number of aromatic nitrogens is 5. The minimum atomic E-state index is -4.55. The molecule has 0 aliphatic heterocycles. The lowest BCUT2D eigenvalue weighted by Crippen LogP contribution is -2.14. The summed E-state index contributed by atoms with van der Waals surface area (Å²) in [5.41, 5.74) is 1.14. The Balaban J connectivity index is 1.56. The van der Waals surface area contributed by atoms with Crippen molar-refractivity contribution < 1.29 is 18.0 Å². The first-order chi connectivity index (χ1) is 15.9. The predicted molar refractivity (Wildman–Crippen MR) is 123 cm³/mol. The molecule has 0 spiro atoms. The second-order valence-corrected chi connectivity index (χ2v) is 9.41. The van der Waals surface area contributed by atoms with E-state index in [0.717, 1.165) is 27.8 Å². The third-order valence-corrected chi connectivity index (χ3v) is 5.83. The van der Waals surface area contributed by atoms with Gasteiger partial charge in [-0.1, -0.05) is 50.3 Å². The van der Waals surface area contributed by atoms with E-state index < -0.39 is 11.7 Å². The normalized spacial score (nSPS) is 12.1. The lowest BCUT2D eigenvalue weighted by molar-refractivity contribution is -0.137. The van der Waals surface area contributed by atoms with E-state index in [0.29, 0.717) is 11.3 Å². The molecule has 2 aromatic carbocycles. The second-order valence-electron chi connectivity index (χ2n) is 8.65. The summed E-state index contributed by atoms with van der Waals surface area (Å²) in [6.07, 6.45) is -4.55. The molecule has 0 atom stereocenters. The molecule has 2 aromatic heterocycles. The van der Waals surface area contributed by atoms with Crippen molar-refractivity contribution in [2.24, 2.45) is 0 Å². The molecule has 11 heteroatoms. The van der Waals surface area contributed by atoms with E-state index in [9.17, 15) is 18.0 Å². The number of benzene rings is 2. The highest BCUT2D eigenvalue weighted by Gasteiger charge is 2.34. The molecule has 0 radical (unpaired) electrons. The first-order valence-electron chi connectivity index (χ1n) is 10.3. The van der Waals surface area contributed by atoms with Crippen molar-refractivity contribution in [3.63, 3.8) is 0 Å². The monoisotopic (exact) mass is 486 g/mol. The van der Waals surface area contributed by atoms with E-state index in [-0.39, 0.29) is 33.7 Å². The van der Waals surface area contributed by atoms with Crippen LogP contribution in [-0.2, 0) is 11.6 Å². The summed E-state index contributed by atoms with van der Waals surface area (Å²) < 4.78 is 45.5. The molecule has 4 rings (SSSR count). The summed E-state index contributed by atoms with van der Waals surface area (Å²) in [5, 5.41) is 10.8. The standard InChI is InChI=1S/C23H21F3N6OS/c1-13-18(29-31-32(13)17-8-6-5-7-16(17)23(24,25)26)19-27-21(34-30-19)28-20(33)14-9-11-15(12-10-14)22(2,3)4/h5-12H,1-4H3,(H,27,28,30,33). The summed E-state index contributed by atoms with van der Waals surface area (Å²) in [7, 11) is 0. The number of hydrogen-bond donors (Lipinski definition) is 1. The fourth-order valence-corrected chi connectivity index (χ4v) is 3.89. The first kappa shape index (κ1) is 23.6. The highest BCUT2D eigenvalue weighted by molar-refractivity contribution is 7.10. The van der Waals surface area contributed by atoms with E-state index in [4.69, 9.17) is 0 Å². The molecule has 7 nitrogen and oxygen atoms in total. The van der Waals surface area contributed by atoms with Crippen LogP contribution in [0.25, 0.3) is 17.2 Å². The lowest BCUT2D eigenvalue weighted by Gasteiger charge is -2.18. The highest BCUT2D eigenvalue weighted by atomic mass is 32.1. The zero-order chi connectivity index (χ0) is 24.7. The summed E-state index contributed by atoms with van der Waals surface area (Å²) in [6, 6.07) is 12.4. The van der Waals surface area contributed by atoms with Crippen molar-refractivity contribution in [2.75, 3.05) is 5.32 Å². The molecule has 4 aromatic rings. The Labute approximate surface area is 197 Å². The van der Waals surface area contributed by atoms with Gasteiger partial charge in [0.25, 0.3) is 5.91 Å². The molecular formula is C23H21F3N6OS. The van der Waals surface area contributed by atoms with Gasteiger partial charge in [-0.2, -0.15) is 22.5 Å². The van der Waals surface area contributed by atoms with Gasteiger partial charge < -0.3 is 0 Å². The van der Waals surface area contributed by atoms with E-state index in [2.05, 4.69) is 45.8 Å². The molecule has 0 saturated carbocycles. The molecular weight excluding hydrogens is 465 g/mol. The third kappa shape index (κ3) is 4.69. The van der Waals surface area contributed by atoms with Crippen LogP contribution in [0, 0.1) is 6.92 Å². The second kappa shape index (κ2) is 8.64. The summed E-state index contributed by atoms with van der Waals surface area (Å²) in [5.74, 6) is -0.181. The van der Waals surface area contributed by atoms with Crippen LogP contribution in [0.5, 0.6) is 0 Å². The Kier molecular flexibility index (Phi) is 5.98. The molecule has 0 aliphatic carbocycles. The zero-order valence-electron chi connectivity index (χ0n) is 18.8. The molecule has 0 bridgehead atoms. The van der Waals surface area contributed by atoms with Crippen LogP contribution in [-0.4, -0.2) is 30.3 Å². The van der Waals surface area contributed by atoms with Crippen molar-refractivity contribution >= 4 is 22.6 Å². The van der Waals surface area contributed by atoms with Crippen LogP contribution in [0.4, 0.5) is 18.3 Å². The smallest absolute Gasteiger partial charge is 0.297 e. The van der Waals surface area contributed by atoms with Crippen LogP contribution in [0.15, 0.2) is 48.5 Å². The predicted octanol–water partition coefficient (Wildman–Crippen LogP) is 5.66. The summed E-state index contributed by atoms with van der Waals surface area (Å²) in [4.78, 5) is 16.9. The third-order valence-electron chi connectivity index (χ3n) is 5.20. The SMILES string of the molecule is Cc1c(-c2nsc(NC(=O)c3ccc(C(C)(C)C)cc3)n2)nnn1-c1ccccc1C(F)(F)F. The van der Waals surface area contributed by atoms with Crippen molar-refractivity contribution in [3.05, 3.63) is 70.9 Å².